The molecular formula is C40H80N2O3. The lowest BCUT2D eigenvalue weighted by molar-refractivity contribution is -0.126. The van der Waals surface area contributed by atoms with E-state index < -0.39 is 0 Å². The molecule has 0 saturated carbocycles. The van der Waals surface area contributed by atoms with Gasteiger partial charge in [-0.05, 0) is 25.7 Å². The third-order valence-corrected chi connectivity index (χ3v) is 9.36. The van der Waals surface area contributed by atoms with Gasteiger partial charge in [0.1, 0.15) is 0 Å². The lowest BCUT2D eigenvalue weighted by Crippen LogP contribution is -2.28. The molecule has 0 aromatic heterocycles. The van der Waals surface area contributed by atoms with Gasteiger partial charge in [-0.2, -0.15) is 0 Å². The molecule has 0 bridgehead atoms. The van der Waals surface area contributed by atoms with Crippen molar-refractivity contribution in [1.82, 2.24) is 10.6 Å². The van der Waals surface area contributed by atoms with Crippen LogP contribution in [-0.2, 0) is 9.59 Å². The Hall–Kier alpha value is -1.10. The molecule has 0 radical (unpaired) electrons. The Bertz CT molecular complexity index is 612. The quantitative estimate of drug-likeness (QED) is 0.0594. The largest absolute Gasteiger partial charge is 0.393 e. The molecule has 0 aliphatic carbocycles. The first-order valence-corrected chi connectivity index (χ1v) is 20.3. The number of aliphatic hydroxyl groups excluding tert-OH is 1. The highest BCUT2D eigenvalue weighted by molar-refractivity contribution is 5.83. The Morgan fingerprint density at radius 1 is 0.400 bits per heavy atom. The van der Waals surface area contributed by atoms with E-state index in [2.05, 4.69) is 24.5 Å². The van der Waals surface area contributed by atoms with Crippen molar-refractivity contribution in [2.75, 3.05) is 13.1 Å². The first-order chi connectivity index (χ1) is 22.1. The Morgan fingerprint density at radius 2 is 0.644 bits per heavy atom. The van der Waals surface area contributed by atoms with Crippen LogP contribution in [0.4, 0.5) is 0 Å². The maximum Gasteiger partial charge on any atom is 0.220 e. The molecule has 268 valence electrons. The van der Waals surface area contributed by atoms with Gasteiger partial charge in [0, 0.05) is 25.9 Å². The minimum Gasteiger partial charge on any atom is -0.393 e. The van der Waals surface area contributed by atoms with E-state index in [-0.39, 0.29) is 17.9 Å². The number of amides is 2. The third-order valence-electron chi connectivity index (χ3n) is 9.36. The molecule has 0 aromatic carbocycles. The van der Waals surface area contributed by atoms with Gasteiger partial charge in [-0.3, -0.25) is 9.59 Å². The summed E-state index contributed by atoms with van der Waals surface area (Å²) in [7, 11) is 0. The second kappa shape index (κ2) is 37.4. The third kappa shape index (κ3) is 37.2. The lowest BCUT2D eigenvalue weighted by Gasteiger charge is -2.10. The van der Waals surface area contributed by atoms with E-state index in [4.69, 9.17) is 0 Å². The maximum absolute atomic E-state index is 12.1. The fourth-order valence-electron chi connectivity index (χ4n) is 6.23. The van der Waals surface area contributed by atoms with Crippen molar-refractivity contribution in [3.8, 4) is 0 Å². The Morgan fingerprint density at radius 3 is 0.956 bits per heavy atom. The van der Waals surface area contributed by atoms with Crippen LogP contribution in [0.5, 0.6) is 0 Å². The zero-order valence-corrected chi connectivity index (χ0v) is 30.6. The summed E-state index contributed by atoms with van der Waals surface area (Å²) < 4.78 is 0. The molecule has 0 saturated heterocycles. The number of hydrogen-bond donors (Lipinski definition) is 3. The fraction of sp³-hybridized carbons (Fsp3) is 0.950. The highest BCUT2D eigenvalue weighted by atomic mass is 16.3. The molecule has 0 aliphatic rings. The predicted octanol–water partition coefficient (Wildman–Crippen LogP) is 11.5. The second-order valence-electron chi connectivity index (χ2n) is 14.0. The molecule has 45 heavy (non-hydrogen) atoms. The van der Waals surface area contributed by atoms with Gasteiger partial charge in [-0.25, -0.2) is 0 Å². The average molecular weight is 637 g/mol. The SMILES string of the molecule is CCCCCCCCCCCCCCCCCCNC(=O)CCC(=O)NCCCCCCCCCCCC(O)CCCCCC. The van der Waals surface area contributed by atoms with Crippen LogP contribution in [0.1, 0.15) is 226 Å². The van der Waals surface area contributed by atoms with Gasteiger partial charge in [0.15, 0.2) is 0 Å². The Balaban J connectivity index is 3.30. The van der Waals surface area contributed by atoms with E-state index in [1.807, 2.05) is 0 Å². The van der Waals surface area contributed by atoms with Gasteiger partial charge in [0.05, 0.1) is 6.10 Å². The summed E-state index contributed by atoms with van der Waals surface area (Å²) in [5, 5.41) is 16.0. The molecule has 3 N–H and O–H groups in total. The van der Waals surface area contributed by atoms with Gasteiger partial charge in [-0.15, -0.1) is 0 Å². The summed E-state index contributed by atoms with van der Waals surface area (Å²) in [5.74, 6) is 0.00309. The molecule has 2 amide bonds. The van der Waals surface area contributed by atoms with Gasteiger partial charge >= 0.3 is 0 Å². The van der Waals surface area contributed by atoms with E-state index >= 15 is 0 Å². The fourth-order valence-corrected chi connectivity index (χ4v) is 6.23. The van der Waals surface area contributed by atoms with Gasteiger partial charge in [-0.1, -0.05) is 187 Å². The first-order valence-electron chi connectivity index (χ1n) is 20.3. The zero-order valence-electron chi connectivity index (χ0n) is 30.6. The number of nitrogens with one attached hydrogen (secondary N) is 2. The van der Waals surface area contributed by atoms with Crippen LogP contribution in [0.2, 0.25) is 0 Å². The number of carbonyl (C=O) groups is 2. The summed E-state index contributed by atoms with van der Waals surface area (Å²) in [5.41, 5.74) is 0. The molecule has 0 spiro atoms. The van der Waals surface area contributed by atoms with Crippen LogP contribution < -0.4 is 10.6 Å². The van der Waals surface area contributed by atoms with E-state index in [0.717, 1.165) is 51.6 Å². The smallest absolute Gasteiger partial charge is 0.220 e. The molecule has 0 aliphatic heterocycles. The summed E-state index contributed by atoms with van der Waals surface area (Å²) in [6, 6.07) is 0. The predicted molar refractivity (Wildman–Crippen MR) is 196 cm³/mol. The van der Waals surface area contributed by atoms with E-state index in [1.165, 1.54) is 161 Å². The standard InChI is InChI=1S/C40H80N2O3/c1-3-5-7-9-10-11-12-13-14-15-16-17-20-23-26-30-36-41-39(44)34-35-40(45)42-37-31-27-24-21-18-19-22-25-29-33-38(43)32-28-8-6-4-2/h38,43H,3-37H2,1-2H3,(H,41,44)(H,42,45). The van der Waals surface area contributed by atoms with Crippen molar-refractivity contribution in [3.63, 3.8) is 0 Å². The van der Waals surface area contributed by atoms with Crippen molar-refractivity contribution >= 4 is 11.8 Å². The van der Waals surface area contributed by atoms with Gasteiger partial charge < -0.3 is 15.7 Å². The maximum atomic E-state index is 12.1. The minimum atomic E-state index is -0.0853. The monoisotopic (exact) mass is 637 g/mol. The number of rotatable bonds is 37. The Kier molecular flexibility index (Phi) is 36.4. The van der Waals surface area contributed by atoms with Crippen LogP contribution >= 0.6 is 0 Å². The molecule has 0 heterocycles. The highest BCUT2D eigenvalue weighted by Crippen LogP contribution is 2.15. The number of carbonyl (C=O) groups excluding carboxylic acids is 2. The van der Waals surface area contributed by atoms with Crippen molar-refractivity contribution in [1.29, 1.82) is 0 Å². The van der Waals surface area contributed by atoms with Crippen LogP contribution in [0.25, 0.3) is 0 Å². The summed E-state index contributed by atoms with van der Waals surface area (Å²) in [6.07, 6.45) is 40.1. The van der Waals surface area contributed by atoms with Gasteiger partial charge in [0.2, 0.25) is 11.8 Å². The molecule has 5 nitrogen and oxygen atoms in total. The molecular weight excluding hydrogens is 556 g/mol. The van der Waals surface area contributed by atoms with Gasteiger partial charge in [0.25, 0.3) is 0 Å². The summed E-state index contributed by atoms with van der Waals surface area (Å²) in [6.45, 7) is 5.97. The molecule has 0 fully saturated rings. The van der Waals surface area contributed by atoms with Crippen LogP contribution in [0.3, 0.4) is 0 Å². The van der Waals surface area contributed by atoms with Crippen molar-refractivity contribution < 1.29 is 14.7 Å². The topological polar surface area (TPSA) is 78.4 Å². The zero-order chi connectivity index (χ0) is 32.9. The molecule has 5 heteroatoms. The van der Waals surface area contributed by atoms with Crippen molar-refractivity contribution in [2.45, 2.75) is 232 Å². The van der Waals surface area contributed by atoms with E-state index in [9.17, 15) is 14.7 Å². The van der Waals surface area contributed by atoms with E-state index in [1.54, 1.807) is 0 Å². The average Bonchev–Trinajstić information content (AvgIpc) is 3.04. The number of unbranched alkanes of at least 4 members (excludes halogenated alkanes) is 26. The molecule has 0 aromatic rings. The van der Waals surface area contributed by atoms with Crippen LogP contribution in [0.15, 0.2) is 0 Å². The molecule has 1 atom stereocenters. The van der Waals surface area contributed by atoms with Crippen molar-refractivity contribution in [2.24, 2.45) is 0 Å². The number of aliphatic hydroxyl groups is 1. The molecule has 1 unspecified atom stereocenters. The number of hydrogen-bond acceptors (Lipinski definition) is 3. The molecule has 0 rings (SSSR count). The minimum absolute atomic E-state index is 0.00126. The second-order valence-corrected chi connectivity index (χ2v) is 14.0. The first kappa shape index (κ1) is 43.9. The van der Waals surface area contributed by atoms with Crippen LogP contribution in [-0.4, -0.2) is 36.1 Å². The van der Waals surface area contributed by atoms with Crippen LogP contribution in [0, 0.1) is 0 Å². The Labute approximate surface area is 281 Å². The normalized spacial score (nSPS) is 12.0. The highest BCUT2D eigenvalue weighted by Gasteiger charge is 2.06. The van der Waals surface area contributed by atoms with E-state index in [0.29, 0.717) is 12.8 Å². The van der Waals surface area contributed by atoms with Crippen molar-refractivity contribution in [3.05, 3.63) is 0 Å². The lowest BCUT2D eigenvalue weighted by atomic mass is 10.0. The summed E-state index contributed by atoms with van der Waals surface area (Å²) in [4.78, 5) is 24.1. The summed E-state index contributed by atoms with van der Waals surface area (Å²) >= 11 is 0.